The zero-order chi connectivity index (χ0) is 10.7. The van der Waals surface area contributed by atoms with Gasteiger partial charge >= 0.3 is 0 Å². The van der Waals surface area contributed by atoms with Crippen molar-refractivity contribution < 1.29 is 9.90 Å². The van der Waals surface area contributed by atoms with E-state index in [4.69, 9.17) is 0 Å². The van der Waals surface area contributed by atoms with Crippen LogP contribution in [0.5, 0.6) is 5.75 Å². The first-order chi connectivity index (χ1) is 6.50. The Labute approximate surface area is 84.0 Å². The van der Waals surface area contributed by atoms with Gasteiger partial charge in [0, 0.05) is 14.1 Å². The van der Waals surface area contributed by atoms with E-state index < -0.39 is 0 Å². The Morgan fingerprint density at radius 3 is 2.57 bits per heavy atom. The van der Waals surface area contributed by atoms with Crippen molar-refractivity contribution in [2.24, 2.45) is 0 Å². The molecule has 0 radical (unpaired) electrons. The second kappa shape index (κ2) is 4.13. The van der Waals surface area contributed by atoms with Crippen molar-refractivity contribution in [1.82, 2.24) is 4.90 Å². The molecule has 0 aliphatic carbocycles. The van der Waals surface area contributed by atoms with Crippen LogP contribution in [0.25, 0.3) is 0 Å². The summed E-state index contributed by atoms with van der Waals surface area (Å²) in [6.45, 7) is 1.83. The molecule has 0 heterocycles. The van der Waals surface area contributed by atoms with Crippen LogP contribution >= 0.6 is 0 Å². The maximum atomic E-state index is 11.4. The maximum absolute atomic E-state index is 11.4. The van der Waals surface area contributed by atoms with Crippen molar-refractivity contribution in [3.63, 3.8) is 0 Å². The number of phenols is 1. The molecule has 1 aromatic rings. The Morgan fingerprint density at radius 1 is 1.43 bits per heavy atom. The number of amides is 1. The molecule has 0 unspecified atom stereocenters. The molecule has 14 heavy (non-hydrogen) atoms. The molecule has 0 aliphatic heterocycles. The first kappa shape index (κ1) is 10.6. The summed E-state index contributed by atoms with van der Waals surface area (Å²) in [5.41, 5.74) is 1.66. The van der Waals surface area contributed by atoms with Gasteiger partial charge in [0.25, 0.3) is 0 Å². The van der Waals surface area contributed by atoms with Crippen molar-refractivity contribution in [1.29, 1.82) is 0 Å². The Hall–Kier alpha value is -1.51. The molecule has 0 spiro atoms. The number of carbonyl (C=O) groups excluding carboxylic acids is 1. The van der Waals surface area contributed by atoms with Crippen molar-refractivity contribution >= 4 is 5.91 Å². The lowest BCUT2D eigenvalue weighted by Crippen LogP contribution is -2.23. The summed E-state index contributed by atoms with van der Waals surface area (Å²) >= 11 is 0. The summed E-state index contributed by atoms with van der Waals surface area (Å²) in [7, 11) is 3.44. The molecular formula is C11H15NO2. The molecule has 0 saturated heterocycles. The fourth-order valence-electron chi connectivity index (χ4n) is 1.10. The smallest absolute Gasteiger partial charge is 0.226 e. The molecule has 0 fully saturated rings. The van der Waals surface area contributed by atoms with Crippen LogP contribution in [0.3, 0.4) is 0 Å². The van der Waals surface area contributed by atoms with E-state index in [1.165, 1.54) is 4.90 Å². The predicted octanol–water partition coefficient (Wildman–Crippen LogP) is 1.33. The van der Waals surface area contributed by atoms with E-state index in [1.54, 1.807) is 20.2 Å². The van der Waals surface area contributed by atoms with E-state index in [-0.39, 0.29) is 11.7 Å². The average molecular weight is 193 g/mol. The molecule has 1 N–H and O–H groups in total. The van der Waals surface area contributed by atoms with Gasteiger partial charge in [-0.15, -0.1) is 0 Å². The molecule has 0 aromatic heterocycles. The van der Waals surface area contributed by atoms with Gasteiger partial charge < -0.3 is 10.0 Å². The second-order valence-corrected chi connectivity index (χ2v) is 3.59. The summed E-state index contributed by atoms with van der Waals surface area (Å²) in [6, 6.07) is 5.31. The van der Waals surface area contributed by atoms with Gasteiger partial charge in [0.05, 0.1) is 6.42 Å². The lowest BCUT2D eigenvalue weighted by atomic mass is 10.1. The number of hydrogen-bond donors (Lipinski definition) is 1. The minimum absolute atomic E-state index is 0.0354. The number of likely N-dealkylation sites (N-methyl/N-ethyl adjacent to an activating group) is 1. The van der Waals surface area contributed by atoms with Gasteiger partial charge in [-0.2, -0.15) is 0 Å². The first-order valence-electron chi connectivity index (χ1n) is 4.49. The van der Waals surface area contributed by atoms with E-state index in [2.05, 4.69) is 0 Å². The summed E-state index contributed by atoms with van der Waals surface area (Å²) in [5, 5.41) is 9.43. The molecule has 3 heteroatoms. The quantitative estimate of drug-likeness (QED) is 0.769. The van der Waals surface area contributed by atoms with Crippen LogP contribution in [-0.2, 0) is 11.2 Å². The predicted molar refractivity (Wildman–Crippen MR) is 55.2 cm³/mol. The lowest BCUT2D eigenvalue weighted by molar-refractivity contribution is -0.127. The zero-order valence-corrected chi connectivity index (χ0v) is 8.74. The average Bonchev–Trinajstić information content (AvgIpc) is 2.11. The Morgan fingerprint density at radius 2 is 2.07 bits per heavy atom. The standard InChI is InChI=1S/C11H15NO2/c1-8-4-5-9(6-10(8)13)7-11(14)12(2)3/h4-6,13H,7H2,1-3H3. The summed E-state index contributed by atoms with van der Waals surface area (Å²) in [6.07, 6.45) is 0.334. The summed E-state index contributed by atoms with van der Waals surface area (Å²) in [5.74, 6) is 0.280. The summed E-state index contributed by atoms with van der Waals surface area (Å²) < 4.78 is 0. The van der Waals surface area contributed by atoms with Gasteiger partial charge in [0.15, 0.2) is 0 Å². The Kier molecular flexibility index (Phi) is 3.12. The number of aromatic hydroxyl groups is 1. The van der Waals surface area contributed by atoms with Crippen molar-refractivity contribution in [3.05, 3.63) is 29.3 Å². The number of aryl methyl sites for hydroxylation is 1. The third-order valence-electron chi connectivity index (χ3n) is 2.13. The fourth-order valence-corrected chi connectivity index (χ4v) is 1.10. The molecule has 1 rings (SSSR count). The first-order valence-corrected chi connectivity index (χ1v) is 4.49. The topological polar surface area (TPSA) is 40.5 Å². The van der Waals surface area contributed by atoms with Crippen LogP contribution in [0, 0.1) is 6.92 Å². The van der Waals surface area contributed by atoms with Crippen molar-refractivity contribution in [2.45, 2.75) is 13.3 Å². The number of nitrogens with zero attached hydrogens (tertiary/aromatic N) is 1. The molecular weight excluding hydrogens is 178 g/mol. The van der Waals surface area contributed by atoms with Crippen molar-refractivity contribution in [3.8, 4) is 5.75 Å². The molecule has 76 valence electrons. The van der Waals surface area contributed by atoms with E-state index >= 15 is 0 Å². The monoisotopic (exact) mass is 193 g/mol. The van der Waals surface area contributed by atoms with E-state index in [0.717, 1.165) is 11.1 Å². The third kappa shape index (κ3) is 2.49. The largest absolute Gasteiger partial charge is 0.508 e. The van der Waals surface area contributed by atoms with Crippen LogP contribution in [0.15, 0.2) is 18.2 Å². The van der Waals surface area contributed by atoms with Gasteiger partial charge in [-0.25, -0.2) is 0 Å². The van der Waals surface area contributed by atoms with Gasteiger partial charge in [-0.3, -0.25) is 4.79 Å². The second-order valence-electron chi connectivity index (χ2n) is 3.59. The summed E-state index contributed by atoms with van der Waals surface area (Å²) in [4.78, 5) is 12.9. The van der Waals surface area contributed by atoms with Crippen LogP contribution in [0.1, 0.15) is 11.1 Å². The van der Waals surface area contributed by atoms with Gasteiger partial charge in [-0.05, 0) is 24.1 Å². The SMILES string of the molecule is Cc1ccc(CC(=O)N(C)C)cc1O. The number of rotatable bonds is 2. The Balaban J connectivity index is 2.78. The van der Waals surface area contributed by atoms with Gasteiger partial charge in [0.2, 0.25) is 5.91 Å². The normalized spacial score (nSPS) is 9.93. The highest BCUT2D eigenvalue weighted by Crippen LogP contribution is 2.17. The highest BCUT2D eigenvalue weighted by atomic mass is 16.3. The highest BCUT2D eigenvalue weighted by Gasteiger charge is 2.06. The van der Waals surface area contributed by atoms with Crippen LogP contribution in [0.2, 0.25) is 0 Å². The van der Waals surface area contributed by atoms with Gasteiger partial charge in [-0.1, -0.05) is 12.1 Å². The fraction of sp³-hybridized carbons (Fsp3) is 0.364. The third-order valence-corrected chi connectivity index (χ3v) is 2.13. The number of phenolic OH excluding ortho intramolecular Hbond substituents is 1. The molecule has 3 nitrogen and oxygen atoms in total. The van der Waals surface area contributed by atoms with Crippen molar-refractivity contribution in [2.75, 3.05) is 14.1 Å². The van der Waals surface area contributed by atoms with Crippen LogP contribution < -0.4 is 0 Å². The molecule has 0 bridgehead atoms. The highest BCUT2D eigenvalue weighted by molar-refractivity contribution is 5.78. The van der Waals surface area contributed by atoms with Crippen LogP contribution in [-0.4, -0.2) is 30.0 Å². The maximum Gasteiger partial charge on any atom is 0.226 e. The minimum Gasteiger partial charge on any atom is -0.508 e. The molecule has 0 saturated carbocycles. The van der Waals surface area contributed by atoms with Crippen LogP contribution in [0.4, 0.5) is 0 Å². The van der Waals surface area contributed by atoms with E-state index in [1.807, 2.05) is 19.1 Å². The Bertz CT molecular complexity index is 345. The molecule has 0 atom stereocenters. The molecule has 1 aromatic carbocycles. The van der Waals surface area contributed by atoms with Gasteiger partial charge in [0.1, 0.15) is 5.75 Å². The van der Waals surface area contributed by atoms with E-state index in [9.17, 15) is 9.90 Å². The number of carbonyl (C=O) groups is 1. The lowest BCUT2D eigenvalue weighted by Gasteiger charge is -2.10. The minimum atomic E-state index is 0.0354. The van der Waals surface area contributed by atoms with E-state index in [0.29, 0.717) is 6.42 Å². The number of hydrogen-bond acceptors (Lipinski definition) is 2. The molecule has 1 amide bonds. The zero-order valence-electron chi connectivity index (χ0n) is 8.74. The number of benzene rings is 1. The molecule has 0 aliphatic rings.